The summed E-state index contributed by atoms with van der Waals surface area (Å²) in [5, 5.41) is 17.6. The van der Waals surface area contributed by atoms with Crippen LogP contribution in [0.25, 0.3) is 0 Å². The number of nitro groups is 1. The number of aryl methyl sites for hydroxylation is 1. The summed E-state index contributed by atoms with van der Waals surface area (Å²) in [6.07, 6.45) is 1.65. The van der Waals surface area contributed by atoms with Crippen molar-refractivity contribution in [2.24, 2.45) is 7.05 Å². The highest BCUT2D eigenvalue weighted by atomic mass is 35.5. The van der Waals surface area contributed by atoms with Crippen molar-refractivity contribution >= 4 is 23.0 Å². The molecule has 20 heavy (non-hydrogen) atoms. The van der Waals surface area contributed by atoms with Gasteiger partial charge >= 0.3 is 0 Å². The number of nitro benzene ring substituents is 1. The average Bonchev–Trinajstić information content (AvgIpc) is 2.71. The van der Waals surface area contributed by atoms with Gasteiger partial charge in [0.05, 0.1) is 16.1 Å². The Labute approximate surface area is 119 Å². The first-order chi connectivity index (χ1) is 9.40. The molecule has 2 rings (SSSR count). The van der Waals surface area contributed by atoms with E-state index in [2.05, 4.69) is 10.4 Å². The lowest BCUT2D eigenvalue weighted by molar-refractivity contribution is -0.384. The SMILES string of the molecule is Cc1c(CNc2cc(F)c(Cl)cc2[N+](=O)[O-])cnn1C. The van der Waals surface area contributed by atoms with Crippen LogP contribution in [-0.4, -0.2) is 14.7 Å². The van der Waals surface area contributed by atoms with Gasteiger partial charge in [-0.25, -0.2) is 4.39 Å². The molecule has 1 aromatic carbocycles. The third-order valence-electron chi connectivity index (χ3n) is 3.04. The second-order valence-corrected chi connectivity index (χ2v) is 4.68. The number of nitrogens with zero attached hydrogens (tertiary/aromatic N) is 3. The molecule has 0 saturated carbocycles. The summed E-state index contributed by atoms with van der Waals surface area (Å²) in [6.45, 7) is 2.18. The number of hydrogen-bond acceptors (Lipinski definition) is 4. The molecule has 6 nitrogen and oxygen atoms in total. The predicted molar refractivity (Wildman–Crippen MR) is 73.3 cm³/mol. The minimum absolute atomic E-state index is 0.0835. The molecular formula is C12H12ClFN4O2. The normalized spacial score (nSPS) is 10.6. The molecule has 0 spiro atoms. The van der Waals surface area contributed by atoms with E-state index in [1.165, 1.54) is 0 Å². The Bertz CT molecular complexity index is 672. The van der Waals surface area contributed by atoms with Crippen molar-refractivity contribution in [2.75, 3.05) is 5.32 Å². The van der Waals surface area contributed by atoms with Gasteiger partial charge in [0, 0.05) is 37.0 Å². The lowest BCUT2D eigenvalue weighted by atomic mass is 10.2. The van der Waals surface area contributed by atoms with E-state index in [-0.39, 0.29) is 16.4 Å². The van der Waals surface area contributed by atoms with Crippen LogP contribution in [0.5, 0.6) is 0 Å². The highest BCUT2D eigenvalue weighted by molar-refractivity contribution is 6.31. The van der Waals surface area contributed by atoms with Crippen LogP contribution < -0.4 is 5.32 Å². The van der Waals surface area contributed by atoms with Gasteiger partial charge in [-0.1, -0.05) is 11.6 Å². The van der Waals surface area contributed by atoms with Gasteiger partial charge in [0.15, 0.2) is 0 Å². The topological polar surface area (TPSA) is 73.0 Å². The average molecular weight is 299 g/mol. The van der Waals surface area contributed by atoms with Gasteiger partial charge in [0.25, 0.3) is 5.69 Å². The maximum absolute atomic E-state index is 13.4. The Balaban J connectivity index is 2.27. The van der Waals surface area contributed by atoms with E-state index < -0.39 is 10.7 Å². The fourth-order valence-corrected chi connectivity index (χ4v) is 1.90. The molecule has 0 amide bonds. The smallest absolute Gasteiger partial charge is 0.294 e. The molecule has 0 aliphatic rings. The predicted octanol–water partition coefficient (Wildman–Crippen LogP) is 3.04. The number of benzene rings is 1. The van der Waals surface area contributed by atoms with Crippen LogP contribution in [0.15, 0.2) is 18.3 Å². The van der Waals surface area contributed by atoms with E-state index in [1.807, 2.05) is 6.92 Å². The molecule has 0 bridgehead atoms. The molecule has 2 aromatic rings. The Morgan fingerprint density at radius 2 is 2.25 bits per heavy atom. The quantitative estimate of drug-likeness (QED) is 0.695. The second-order valence-electron chi connectivity index (χ2n) is 4.27. The van der Waals surface area contributed by atoms with Crippen molar-refractivity contribution < 1.29 is 9.31 Å². The van der Waals surface area contributed by atoms with Crippen molar-refractivity contribution in [2.45, 2.75) is 13.5 Å². The van der Waals surface area contributed by atoms with Crippen molar-refractivity contribution in [1.29, 1.82) is 0 Å². The van der Waals surface area contributed by atoms with E-state index in [9.17, 15) is 14.5 Å². The lowest BCUT2D eigenvalue weighted by Crippen LogP contribution is -2.04. The molecule has 0 fully saturated rings. The standard InChI is InChI=1S/C12H12ClFN4O2/c1-7-8(6-16-17(7)2)5-15-11-4-10(14)9(13)3-12(11)18(19)20/h3-4,6,15H,5H2,1-2H3. The zero-order valence-electron chi connectivity index (χ0n) is 10.9. The number of hydrogen-bond donors (Lipinski definition) is 1. The highest BCUT2D eigenvalue weighted by Crippen LogP contribution is 2.30. The van der Waals surface area contributed by atoms with Crippen LogP contribution in [0, 0.1) is 22.9 Å². The lowest BCUT2D eigenvalue weighted by Gasteiger charge is -2.08. The molecule has 0 radical (unpaired) electrons. The van der Waals surface area contributed by atoms with Crippen molar-refractivity contribution in [3.05, 3.63) is 50.5 Å². The molecule has 1 heterocycles. The first kappa shape index (κ1) is 14.3. The summed E-state index contributed by atoms with van der Waals surface area (Å²) in [7, 11) is 1.79. The first-order valence-corrected chi connectivity index (χ1v) is 6.12. The molecule has 1 aromatic heterocycles. The summed E-state index contributed by atoms with van der Waals surface area (Å²) in [5.41, 5.74) is 1.62. The van der Waals surface area contributed by atoms with E-state index in [1.54, 1.807) is 17.9 Å². The van der Waals surface area contributed by atoms with E-state index in [4.69, 9.17) is 11.6 Å². The summed E-state index contributed by atoms with van der Waals surface area (Å²) in [6, 6.07) is 2.02. The summed E-state index contributed by atoms with van der Waals surface area (Å²) in [4.78, 5) is 10.3. The summed E-state index contributed by atoms with van der Waals surface area (Å²) >= 11 is 5.56. The number of nitrogens with one attached hydrogen (secondary N) is 1. The largest absolute Gasteiger partial charge is 0.375 e. The Kier molecular flexibility index (Phi) is 3.89. The van der Waals surface area contributed by atoms with Gasteiger partial charge in [0.2, 0.25) is 0 Å². The fourth-order valence-electron chi connectivity index (χ4n) is 1.74. The van der Waals surface area contributed by atoms with Crippen LogP contribution in [0.4, 0.5) is 15.8 Å². The van der Waals surface area contributed by atoms with Crippen LogP contribution in [0.2, 0.25) is 5.02 Å². The molecule has 1 N–H and O–H groups in total. The Hall–Kier alpha value is -2.15. The van der Waals surface area contributed by atoms with Crippen LogP contribution in [0.1, 0.15) is 11.3 Å². The Morgan fingerprint density at radius 1 is 1.55 bits per heavy atom. The minimum atomic E-state index is -0.706. The fraction of sp³-hybridized carbons (Fsp3) is 0.250. The van der Waals surface area contributed by atoms with Gasteiger partial charge in [-0.3, -0.25) is 14.8 Å². The first-order valence-electron chi connectivity index (χ1n) is 5.75. The molecule has 106 valence electrons. The zero-order chi connectivity index (χ0) is 14.9. The van der Waals surface area contributed by atoms with Crippen LogP contribution in [0.3, 0.4) is 0 Å². The number of halogens is 2. The molecule has 0 aliphatic carbocycles. The molecular weight excluding hydrogens is 287 g/mol. The van der Waals surface area contributed by atoms with Crippen molar-refractivity contribution in [3.63, 3.8) is 0 Å². The van der Waals surface area contributed by atoms with Gasteiger partial charge in [0.1, 0.15) is 11.5 Å². The summed E-state index contributed by atoms with van der Waals surface area (Å²) in [5.74, 6) is -0.706. The highest BCUT2D eigenvalue weighted by Gasteiger charge is 2.18. The van der Waals surface area contributed by atoms with Gasteiger partial charge in [-0.15, -0.1) is 0 Å². The maximum Gasteiger partial charge on any atom is 0.294 e. The van der Waals surface area contributed by atoms with Gasteiger partial charge < -0.3 is 5.32 Å². The Morgan fingerprint density at radius 3 is 2.80 bits per heavy atom. The van der Waals surface area contributed by atoms with Gasteiger partial charge in [-0.2, -0.15) is 5.10 Å². The zero-order valence-corrected chi connectivity index (χ0v) is 11.6. The number of rotatable bonds is 4. The van der Waals surface area contributed by atoms with Crippen molar-refractivity contribution in [1.82, 2.24) is 9.78 Å². The monoisotopic (exact) mass is 298 g/mol. The second kappa shape index (κ2) is 5.46. The van der Waals surface area contributed by atoms with E-state index in [0.29, 0.717) is 6.54 Å². The minimum Gasteiger partial charge on any atom is -0.375 e. The molecule has 0 aliphatic heterocycles. The third-order valence-corrected chi connectivity index (χ3v) is 3.33. The molecule has 0 atom stereocenters. The van der Waals surface area contributed by atoms with Crippen LogP contribution >= 0.6 is 11.6 Å². The van der Waals surface area contributed by atoms with Gasteiger partial charge in [-0.05, 0) is 6.92 Å². The summed E-state index contributed by atoms with van der Waals surface area (Å²) < 4.78 is 15.1. The molecule has 0 unspecified atom stereocenters. The van der Waals surface area contributed by atoms with Crippen LogP contribution in [-0.2, 0) is 13.6 Å². The maximum atomic E-state index is 13.4. The number of anilines is 1. The van der Waals surface area contributed by atoms with Crippen molar-refractivity contribution in [3.8, 4) is 0 Å². The third kappa shape index (κ3) is 2.72. The molecule has 0 saturated heterocycles. The number of aromatic nitrogens is 2. The molecule has 8 heteroatoms. The van der Waals surface area contributed by atoms with E-state index in [0.717, 1.165) is 23.4 Å². The van der Waals surface area contributed by atoms with E-state index >= 15 is 0 Å².